The molecule has 0 aliphatic carbocycles. The van der Waals surface area contributed by atoms with Gasteiger partial charge in [-0.25, -0.2) is 9.59 Å². The number of hydrogen-bond acceptors (Lipinski definition) is 6. The van der Waals surface area contributed by atoms with Crippen molar-refractivity contribution in [2.75, 3.05) is 7.11 Å². The van der Waals surface area contributed by atoms with Crippen LogP contribution in [0.15, 0.2) is 0 Å². The highest BCUT2D eigenvalue weighted by molar-refractivity contribution is 6.74. The van der Waals surface area contributed by atoms with Gasteiger partial charge in [-0.1, -0.05) is 20.8 Å². The summed E-state index contributed by atoms with van der Waals surface area (Å²) >= 11 is 0. The van der Waals surface area contributed by atoms with E-state index in [0.29, 0.717) is 0 Å². The lowest BCUT2D eigenvalue weighted by Crippen LogP contribution is -2.61. The van der Waals surface area contributed by atoms with Crippen LogP contribution in [0.1, 0.15) is 61.8 Å². The van der Waals surface area contributed by atoms with E-state index in [1.807, 2.05) is 0 Å². The predicted molar refractivity (Wildman–Crippen MR) is 106 cm³/mol. The van der Waals surface area contributed by atoms with Gasteiger partial charge in [-0.05, 0) is 52.8 Å². The molecule has 0 bridgehead atoms. The predicted octanol–water partition coefficient (Wildman–Crippen LogP) is 3.66. The molecule has 1 aliphatic heterocycles. The fraction of sp³-hybridized carbons (Fsp3) is 0.895. The summed E-state index contributed by atoms with van der Waals surface area (Å²) in [7, 11) is -1.01. The first kappa shape index (κ1) is 23.9. The van der Waals surface area contributed by atoms with Gasteiger partial charge in [-0.2, -0.15) is 0 Å². The van der Waals surface area contributed by atoms with Crippen molar-refractivity contribution >= 4 is 20.4 Å². The molecule has 1 aliphatic rings. The minimum atomic E-state index is -2.27. The van der Waals surface area contributed by atoms with Crippen molar-refractivity contribution in [2.24, 2.45) is 0 Å². The summed E-state index contributed by atoms with van der Waals surface area (Å²) in [6.07, 6.45) is -1.39. The lowest BCUT2D eigenvalue weighted by atomic mass is 9.98. The zero-order chi connectivity index (χ0) is 21.6. The summed E-state index contributed by atoms with van der Waals surface area (Å²) in [5.41, 5.74) is -3.89. The molecule has 1 heterocycles. The Bertz CT molecular complexity index is 590. The molecule has 1 fully saturated rings. The van der Waals surface area contributed by atoms with E-state index in [4.69, 9.17) is 13.9 Å². The second kappa shape index (κ2) is 7.04. The van der Waals surface area contributed by atoms with Crippen LogP contribution in [0, 0.1) is 0 Å². The maximum Gasteiger partial charge on any atom is 0.413 e. The zero-order valence-electron chi connectivity index (χ0n) is 18.7. The molecule has 0 saturated carbocycles. The Kier molecular flexibility index (Phi) is 6.24. The molecule has 1 amide bonds. The second-order valence-electron chi connectivity index (χ2n) is 10.2. The minimum absolute atomic E-state index is 0.0932. The van der Waals surface area contributed by atoms with Crippen LogP contribution < -0.4 is 0 Å². The number of likely N-dealkylation sites (tertiary alicyclic amines) is 1. The van der Waals surface area contributed by atoms with Crippen molar-refractivity contribution in [1.29, 1.82) is 0 Å². The molecule has 1 saturated heterocycles. The van der Waals surface area contributed by atoms with Crippen molar-refractivity contribution < 1.29 is 28.6 Å². The van der Waals surface area contributed by atoms with Gasteiger partial charge in [-0.3, -0.25) is 4.90 Å². The standard InChI is InChI=1S/C19H37NO6Si/c1-16(2,3)25-15(22)20-18(7,14(21)24-9)12-13(19(20,8)23)26-27(10,11)17(4,5)6/h13,23H,12H2,1-11H3/t13-,18-,19?/m0/s1. The normalized spacial score (nSPS) is 29.6. The van der Waals surface area contributed by atoms with Gasteiger partial charge in [0.2, 0.25) is 0 Å². The molecular formula is C19H37NO6Si. The molecule has 0 spiro atoms. The van der Waals surface area contributed by atoms with Crippen LogP contribution >= 0.6 is 0 Å². The first-order valence-electron chi connectivity index (χ1n) is 9.31. The number of amides is 1. The number of methoxy groups -OCH3 is 1. The summed E-state index contributed by atoms with van der Waals surface area (Å²) in [4.78, 5) is 26.6. The Labute approximate surface area is 164 Å². The van der Waals surface area contributed by atoms with E-state index >= 15 is 0 Å². The number of aliphatic hydroxyl groups is 1. The van der Waals surface area contributed by atoms with E-state index in [1.165, 1.54) is 14.0 Å². The molecule has 27 heavy (non-hydrogen) atoms. The molecule has 158 valence electrons. The van der Waals surface area contributed by atoms with Gasteiger partial charge >= 0.3 is 12.1 Å². The van der Waals surface area contributed by atoms with Gasteiger partial charge in [0.1, 0.15) is 11.1 Å². The van der Waals surface area contributed by atoms with Gasteiger partial charge in [0.15, 0.2) is 14.0 Å². The Hall–Kier alpha value is -1.12. The third-order valence-corrected chi connectivity index (χ3v) is 10.1. The number of hydrogen-bond donors (Lipinski definition) is 1. The summed E-state index contributed by atoms with van der Waals surface area (Å²) in [5.74, 6) is -0.616. The van der Waals surface area contributed by atoms with Gasteiger partial charge in [0.05, 0.1) is 13.2 Å². The molecule has 0 aromatic heterocycles. The van der Waals surface area contributed by atoms with Crippen molar-refractivity contribution in [1.82, 2.24) is 4.90 Å². The highest BCUT2D eigenvalue weighted by Gasteiger charge is 2.64. The monoisotopic (exact) mass is 403 g/mol. The SMILES string of the molecule is COC(=O)[C@]1(C)C[C@H](O[Si](C)(C)C(C)(C)C)C(C)(O)N1C(=O)OC(C)(C)C. The van der Waals surface area contributed by atoms with Gasteiger partial charge in [-0.15, -0.1) is 0 Å². The number of nitrogens with zero attached hydrogens (tertiary/aromatic N) is 1. The number of carbonyl (C=O) groups excluding carboxylic acids is 2. The third kappa shape index (κ3) is 4.66. The van der Waals surface area contributed by atoms with E-state index in [-0.39, 0.29) is 11.5 Å². The average molecular weight is 404 g/mol. The van der Waals surface area contributed by atoms with Crippen LogP contribution in [0.5, 0.6) is 0 Å². The zero-order valence-corrected chi connectivity index (χ0v) is 19.7. The molecule has 0 aromatic carbocycles. The molecule has 3 atom stereocenters. The Balaban J connectivity index is 3.38. The molecular weight excluding hydrogens is 366 g/mol. The van der Waals surface area contributed by atoms with E-state index in [2.05, 4.69) is 33.9 Å². The van der Waals surface area contributed by atoms with Crippen molar-refractivity contribution in [3.05, 3.63) is 0 Å². The Morgan fingerprint density at radius 1 is 1.11 bits per heavy atom. The first-order chi connectivity index (χ1) is 11.8. The topological polar surface area (TPSA) is 85.3 Å². The van der Waals surface area contributed by atoms with E-state index in [1.54, 1.807) is 27.7 Å². The number of ether oxygens (including phenoxy) is 2. The second-order valence-corrected chi connectivity index (χ2v) is 15.0. The quantitative estimate of drug-likeness (QED) is 0.572. The lowest BCUT2D eigenvalue weighted by Gasteiger charge is -2.43. The van der Waals surface area contributed by atoms with Crippen LogP contribution in [0.25, 0.3) is 0 Å². The van der Waals surface area contributed by atoms with E-state index in [9.17, 15) is 14.7 Å². The summed E-state index contributed by atoms with van der Waals surface area (Å²) in [6, 6.07) is 0. The fourth-order valence-corrected chi connectivity index (χ4v) is 4.43. The van der Waals surface area contributed by atoms with Gasteiger partial charge in [0, 0.05) is 6.42 Å². The molecule has 1 unspecified atom stereocenters. The number of carbonyl (C=O) groups is 2. The van der Waals surface area contributed by atoms with Crippen molar-refractivity contribution in [3.63, 3.8) is 0 Å². The van der Waals surface area contributed by atoms with Gasteiger partial charge < -0.3 is 19.0 Å². The van der Waals surface area contributed by atoms with Crippen LogP contribution in [0.4, 0.5) is 4.79 Å². The smallest absolute Gasteiger partial charge is 0.413 e. The van der Waals surface area contributed by atoms with Crippen molar-refractivity contribution in [2.45, 2.75) is 103 Å². The Morgan fingerprint density at radius 3 is 1.96 bits per heavy atom. The summed E-state index contributed by atoms with van der Waals surface area (Å²) in [6.45, 7) is 18.7. The average Bonchev–Trinajstić information content (AvgIpc) is 2.61. The Morgan fingerprint density at radius 2 is 1.59 bits per heavy atom. The highest BCUT2D eigenvalue weighted by Crippen LogP contribution is 2.47. The highest BCUT2D eigenvalue weighted by atomic mass is 28.4. The van der Waals surface area contributed by atoms with Crippen LogP contribution in [0.2, 0.25) is 18.1 Å². The van der Waals surface area contributed by atoms with Crippen LogP contribution in [-0.4, -0.2) is 60.5 Å². The molecule has 0 aromatic rings. The molecule has 1 N–H and O–H groups in total. The molecule has 1 rings (SSSR count). The molecule has 7 nitrogen and oxygen atoms in total. The maximum absolute atomic E-state index is 12.9. The fourth-order valence-electron chi connectivity index (χ4n) is 3.06. The summed E-state index contributed by atoms with van der Waals surface area (Å²) in [5, 5.41) is 11.2. The van der Waals surface area contributed by atoms with Crippen LogP contribution in [-0.2, 0) is 18.7 Å². The van der Waals surface area contributed by atoms with Gasteiger partial charge in [0.25, 0.3) is 0 Å². The minimum Gasteiger partial charge on any atom is -0.467 e. The van der Waals surface area contributed by atoms with Crippen LogP contribution in [0.3, 0.4) is 0 Å². The lowest BCUT2D eigenvalue weighted by molar-refractivity contribution is -0.166. The third-order valence-electron chi connectivity index (χ3n) is 5.58. The maximum atomic E-state index is 12.9. The van der Waals surface area contributed by atoms with E-state index < -0.39 is 43.3 Å². The summed E-state index contributed by atoms with van der Waals surface area (Å²) < 4.78 is 16.8. The number of rotatable bonds is 3. The number of esters is 1. The largest absolute Gasteiger partial charge is 0.467 e. The first-order valence-corrected chi connectivity index (χ1v) is 12.2. The molecule has 8 heteroatoms. The molecule has 0 radical (unpaired) electrons. The van der Waals surface area contributed by atoms with E-state index in [0.717, 1.165) is 4.90 Å². The van der Waals surface area contributed by atoms with Crippen molar-refractivity contribution in [3.8, 4) is 0 Å².